The van der Waals surface area contributed by atoms with Crippen molar-refractivity contribution in [1.82, 2.24) is 4.90 Å². The molecule has 2 bridgehead atoms. The number of carbonyl (C=O) groups is 1. The molecular weight excluding hydrogens is 537 g/mol. The van der Waals surface area contributed by atoms with E-state index in [1.54, 1.807) is 0 Å². The van der Waals surface area contributed by atoms with Gasteiger partial charge >= 0.3 is 13.2 Å². The normalized spacial score (nSPS) is 27.1. The van der Waals surface area contributed by atoms with Crippen molar-refractivity contribution in [2.24, 2.45) is 0 Å². The zero-order valence-corrected chi connectivity index (χ0v) is 25.7. The molecule has 1 N–H and O–H groups in total. The molecule has 2 atom stereocenters. The molecule has 7 heteroatoms. The third-order valence-electron chi connectivity index (χ3n) is 10.7. The van der Waals surface area contributed by atoms with Crippen LogP contribution in [0.5, 0.6) is 0 Å². The van der Waals surface area contributed by atoms with E-state index in [0.717, 1.165) is 30.3 Å². The lowest BCUT2D eigenvalue weighted by Crippen LogP contribution is -2.60. The minimum atomic E-state index is -0.859. The Hall–Kier alpha value is -3.13. The summed E-state index contributed by atoms with van der Waals surface area (Å²) in [5.41, 5.74) is 5.32. The summed E-state index contributed by atoms with van der Waals surface area (Å²) < 4.78 is 18.5. The first-order valence-corrected chi connectivity index (χ1v) is 15.8. The van der Waals surface area contributed by atoms with Gasteiger partial charge in [-0.25, -0.2) is 4.79 Å². The molecular formula is C36H42BNO5. The predicted molar refractivity (Wildman–Crippen MR) is 168 cm³/mol. The largest absolute Gasteiger partial charge is 0.494 e. The number of piperidine rings is 2. The summed E-state index contributed by atoms with van der Waals surface area (Å²) in [4.78, 5) is 15.6. The minimum absolute atomic E-state index is 0.0165. The molecule has 4 aliphatic rings. The van der Waals surface area contributed by atoms with E-state index in [1.807, 2.05) is 17.0 Å². The van der Waals surface area contributed by atoms with Gasteiger partial charge in [0, 0.05) is 24.4 Å². The number of rotatable bonds is 5. The van der Waals surface area contributed by atoms with Crippen LogP contribution in [0.25, 0.3) is 11.1 Å². The number of hydrogen-bond acceptors (Lipinski definition) is 5. The predicted octanol–water partition coefficient (Wildman–Crippen LogP) is 6.23. The first-order chi connectivity index (χ1) is 20.5. The van der Waals surface area contributed by atoms with E-state index in [2.05, 4.69) is 88.4 Å². The molecule has 3 fully saturated rings. The molecule has 6 nitrogen and oxygen atoms in total. The third kappa shape index (κ3) is 5.09. The van der Waals surface area contributed by atoms with Crippen molar-refractivity contribution in [1.29, 1.82) is 0 Å². The van der Waals surface area contributed by atoms with Gasteiger partial charge in [-0.3, -0.25) is 0 Å². The van der Waals surface area contributed by atoms with Crippen molar-refractivity contribution in [3.63, 3.8) is 0 Å². The van der Waals surface area contributed by atoms with E-state index < -0.39 is 12.7 Å². The average molecular weight is 580 g/mol. The molecule has 0 radical (unpaired) electrons. The van der Waals surface area contributed by atoms with Crippen LogP contribution >= 0.6 is 0 Å². The Morgan fingerprint density at radius 2 is 1.40 bits per heavy atom. The lowest BCUT2D eigenvalue weighted by Gasteiger charge is -2.51. The Balaban J connectivity index is 1.01. The molecule has 2 unspecified atom stereocenters. The van der Waals surface area contributed by atoms with Gasteiger partial charge < -0.3 is 24.1 Å². The van der Waals surface area contributed by atoms with Crippen molar-refractivity contribution < 1.29 is 23.9 Å². The van der Waals surface area contributed by atoms with E-state index in [1.165, 1.54) is 22.3 Å². The van der Waals surface area contributed by atoms with Crippen molar-refractivity contribution in [2.75, 3.05) is 6.61 Å². The molecule has 7 rings (SSSR count). The van der Waals surface area contributed by atoms with Crippen LogP contribution in [-0.4, -0.2) is 58.7 Å². The maximum absolute atomic E-state index is 13.6. The van der Waals surface area contributed by atoms with Crippen LogP contribution in [-0.2, 0) is 20.5 Å². The number of hydrogen-bond donors (Lipinski definition) is 1. The Labute approximate surface area is 255 Å². The molecule has 3 saturated heterocycles. The Kier molecular flexibility index (Phi) is 6.99. The minimum Gasteiger partial charge on any atom is -0.448 e. The number of amides is 1. The van der Waals surface area contributed by atoms with Crippen molar-refractivity contribution >= 4 is 18.7 Å². The summed E-state index contributed by atoms with van der Waals surface area (Å²) in [6, 6.07) is 25.0. The van der Waals surface area contributed by atoms with E-state index in [-0.39, 0.29) is 35.3 Å². The molecule has 0 saturated carbocycles. The number of carbonyl (C=O) groups excluding carboxylic acids is 1. The number of benzene rings is 3. The van der Waals surface area contributed by atoms with Gasteiger partial charge in [-0.1, -0.05) is 72.8 Å². The fourth-order valence-electron chi connectivity index (χ4n) is 7.79. The lowest BCUT2D eigenvalue weighted by molar-refractivity contribution is -0.0840. The highest BCUT2D eigenvalue weighted by molar-refractivity contribution is 6.62. The SMILES string of the molecule is CC1(C)OB(c2ccc(CC3(O)CC4CCCC(C3)N4C(=O)OCC3c4ccccc4-c4ccccc43)cc2)OC1(C)C. The Bertz CT molecular complexity index is 1440. The highest BCUT2D eigenvalue weighted by atomic mass is 16.7. The van der Waals surface area contributed by atoms with Crippen LogP contribution < -0.4 is 5.46 Å². The highest BCUT2D eigenvalue weighted by Crippen LogP contribution is 2.45. The Morgan fingerprint density at radius 3 is 1.95 bits per heavy atom. The number of ether oxygens (including phenoxy) is 1. The monoisotopic (exact) mass is 579 g/mol. The zero-order valence-electron chi connectivity index (χ0n) is 25.7. The van der Waals surface area contributed by atoms with Gasteiger partial charge in [0.25, 0.3) is 0 Å². The fraction of sp³-hybridized carbons (Fsp3) is 0.472. The van der Waals surface area contributed by atoms with Crippen LogP contribution in [0, 0.1) is 0 Å². The molecule has 1 aliphatic carbocycles. The summed E-state index contributed by atoms with van der Waals surface area (Å²) in [6.45, 7) is 8.55. The van der Waals surface area contributed by atoms with Gasteiger partial charge in [-0.05, 0) is 93.1 Å². The number of nitrogens with zero attached hydrogens (tertiary/aromatic N) is 1. The molecule has 43 heavy (non-hydrogen) atoms. The average Bonchev–Trinajstić information content (AvgIpc) is 3.40. The smallest absolute Gasteiger partial charge is 0.448 e. The summed E-state index contributed by atoms with van der Waals surface area (Å²) in [5, 5.41) is 11.8. The van der Waals surface area contributed by atoms with Crippen LogP contribution in [0.15, 0.2) is 72.8 Å². The molecule has 0 spiro atoms. The first kappa shape index (κ1) is 28.6. The van der Waals surface area contributed by atoms with E-state index >= 15 is 0 Å². The summed E-state index contributed by atoms with van der Waals surface area (Å²) in [5.74, 6) is 0.0399. The molecule has 3 aliphatic heterocycles. The van der Waals surface area contributed by atoms with E-state index in [4.69, 9.17) is 14.0 Å². The van der Waals surface area contributed by atoms with Crippen molar-refractivity contribution in [3.05, 3.63) is 89.5 Å². The third-order valence-corrected chi connectivity index (χ3v) is 10.7. The molecule has 3 heterocycles. The van der Waals surface area contributed by atoms with Gasteiger partial charge in [0.05, 0.1) is 16.8 Å². The van der Waals surface area contributed by atoms with Gasteiger partial charge in [0.15, 0.2) is 0 Å². The maximum Gasteiger partial charge on any atom is 0.494 e. The second-order valence-corrected chi connectivity index (χ2v) is 14.1. The number of fused-ring (bicyclic) bond motifs is 5. The topological polar surface area (TPSA) is 68.2 Å². The summed E-state index contributed by atoms with van der Waals surface area (Å²) >= 11 is 0. The van der Waals surface area contributed by atoms with Gasteiger partial charge in [-0.2, -0.15) is 0 Å². The second-order valence-electron chi connectivity index (χ2n) is 14.1. The summed E-state index contributed by atoms with van der Waals surface area (Å²) in [6.07, 6.45) is 4.29. The highest BCUT2D eigenvalue weighted by Gasteiger charge is 2.52. The van der Waals surface area contributed by atoms with E-state index in [0.29, 0.717) is 25.9 Å². The van der Waals surface area contributed by atoms with Gasteiger partial charge in [-0.15, -0.1) is 0 Å². The van der Waals surface area contributed by atoms with Crippen molar-refractivity contribution in [2.45, 2.75) is 101 Å². The maximum atomic E-state index is 13.6. The van der Waals surface area contributed by atoms with Crippen LogP contribution in [0.2, 0.25) is 0 Å². The van der Waals surface area contributed by atoms with Gasteiger partial charge in [0.1, 0.15) is 6.61 Å². The zero-order chi connectivity index (χ0) is 30.0. The number of aliphatic hydroxyl groups is 1. The molecule has 3 aromatic rings. The van der Waals surface area contributed by atoms with Gasteiger partial charge in [0.2, 0.25) is 0 Å². The van der Waals surface area contributed by atoms with E-state index in [9.17, 15) is 9.90 Å². The lowest BCUT2D eigenvalue weighted by atomic mass is 9.72. The van der Waals surface area contributed by atoms with Crippen LogP contribution in [0.3, 0.4) is 0 Å². The van der Waals surface area contributed by atoms with Crippen molar-refractivity contribution in [3.8, 4) is 11.1 Å². The summed E-state index contributed by atoms with van der Waals surface area (Å²) in [7, 11) is -0.401. The molecule has 3 aromatic carbocycles. The first-order valence-electron chi connectivity index (χ1n) is 15.8. The Morgan fingerprint density at radius 1 is 0.860 bits per heavy atom. The second kappa shape index (κ2) is 10.5. The quantitative estimate of drug-likeness (QED) is 0.364. The molecule has 224 valence electrons. The molecule has 1 amide bonds. The standard InChI is InChI=1S/C36H42BNO5/c1-34(2)35(3,4)43-37(42-34)25-18-16-24(17-19-25)20-36(40)21-26-10-9-11-27(22-36)38(26)33(39)41-23-32-30-14-7-5-12-28(30)29-13-6-8-15-31(29)32/h5-8,12-19,26-27,32,40H,9-11,20-23H2,1-4H3. The molecule has 0 aromatic heterocycles. The van der Waals surface area contributed by atoms with Crippen LogP contribution in [0.4, 0.5) is 4.79 Å². The van der Waals surface area contributed by atoms with Crippen LogP contribution in [0.1, 0.15) is 82.4 Å². The fourth-order valence-corrected chi connectivity index (χ4v) is 7.79.